The van der Waals surface area contributed by atoms with Crippen molar-refractivity contribution in [1.29, 1.82) is 0 Å². The van der Waals surface area contributed by atoms with Crippen LogP contribution in [-0.2, 0) is 0 Å². The van der Waals surface area contributed by atoms with Gasteiger partial charge < -0.3 is 0 Å². The molecule has 1 aromatic heterocycles. The molecule has 7 aromatic carbocycles. The molecule has 1 aliphatic carbocycles. The number of rotatable bonds is 4. The summed E-state index contributed by atoms with van der Waals surface area (Å²) in [6.07, 6.45) is 6.79. The Morgan fingerprint density at radius 3 is 1.80 bits per heavy atom. The van der Waals surface area contributed by atoms with Crippen LogP contribution in [0.2, 0.25) is 0 Å². The van der Waals surface area contributed by atoms with Crippen molar-refractivity contribution in [3.63, 3.8) is 0 Å². The van der Waals surface area contributed by atoms with Crippen molar-refractivity contribution in [1.82, 2.24) is 4.98 Å². The third-order valence-electron chi connectivity index (χ3n) is 9.99. The lowest BCUT2D eigenvalue weighted by molar-refractivity contribution is 0.672. The Labute approximate surface area is 269 Å². The van der Waals surface area contributed by atoms with Crippen LogP contribution in [-0.4, -0.2) is 4.98 Å². The quantitative estimate of drug-likeness (QED) is 0.187. The smallest absolute Gasteiger partial charge is 0.0750 e. The lowest BCUT2D eigenvalue weighted by atomic mass is 9.83. The summed E-state index contributed by atoms with van der Waals surface area (Å²) in [7, 11) is 0. The monoisotopic (exact) mass is 587 g/mol. The van der Waals surface area contributed by atoms with Crippen molar-refractivity contribution in [3.8, 4) is 33.5 Å². The van der Waals surface area contributed by atoms with Gasteiger partial charge in [-0.15, -0.1) is 0 Å². The van der Waals surface area contributed by atoms with E-state index < -0.39 is 0 Å². The van der Waals surface area contributed by atoms with Gasteiger partial charge in [0.2, 0.25) is 0 Å². The highest BCUT2D eigenvalue weighted by Gasteiger charge is 2.20. The van der Waals surface area contributed by atoms with Crippen LogP contribution in [0.15, 0.2) is 146 Å². The normalized spacial score (nSPS) is 14.3. The van der Waals surface area contributed by atoms with Crippen molar-refractivity contribution >= 4 is 49.3 Å². The molecule has 46 heavy (non-hydrogen) atoms. The molecule has 0 radical (unpaired) electrons. The van der Waals surface area contributed by atoms with E-state index in [1.54, 1.807) is 0 Å². The average Bonchev–Trinajstić information content (AvgIpc) is 3.13. The number of hydrogen-bond acceptors (Lipinski definition) is 1. The largest absolute Gasteiger partial charge is 0.247 e. The molecule has 1 nitrogen and oxygen atoms in total. The van der Waals surface area contributed by atoms with E-state index in [2.05, 4.69) is 159 Å². The second kappa shape index (κ2) is 10.8. The van der Waals surface area contributed by atoms with E-state index in [0.29, 0.717) is 5.92 Å². The van der Waals surface area contributed by atoms with Gasteiger partial charge in [0.05, 0.1) is 11.2 Å². The van der Waals surface area contributed by atoms with Gasteiger partial charge in [-0.05, 0) is 96.6 Å². The van der Waals surface area contributed by atoms with Crippen LogP contribution >= 0.6 is 0 Å². The molecular formula is C45H33N. The maximum absolute atomic E-state index is 5.29. The third-order valence-corrected chi connectivity index (χ3v) is 9.99. The molecule has 1 atom stereocenters. The fourth-order valence-electron chi connectivity index (χ4n) is 7.71. The maximum Gasteiger partial charge on any atom is 0.0750 e. The highest BCUT2D eigenvalue weighted by Crippen LogP contribution is 2.44. The van der Waals surface area contributed by atoms with Gasteiger partial charge in [-0.1, -0.05) is 146 Å². The molecular weight excluding hydrogens is 555 g/mol. The summed E-state index contributed by atoms with van der Waals surface area (Å²) in [5.74, 6) is 0.521. The summed E-state index contributed by atoms with van der Waals surface area (Å²) in [5, 5.41) is 8.83. The van der Waals surface area contributed by atoms with Gasteiger partial charge in [0.25, 0.3) is 0 Å². The Balaban J connectivity index is 1.20. The number of hydrogen-bond donors (Lipinski definition) is 0. The van der Waals surface area contributed by atoms with Gasteiger partial charge in [0, 0.05) is 10.9 Å². The first kappa shape index (κ1) is 26.8. The summed E-state index contributed by atoms with van der Waals surface area (Å²) in [4.78, 5) is 5.29. The molecule has 1 heteroatoms. The summed E-state index contributed by atoms with van der Waals surface area (Å²) in [6.45, 7) is 2.29. The molecule has 218 valence electrons. The SMILES string of the molecule is CCC1CC=Cc2ccc3ccc(-c4ccc(-c5c6ccccc6c(-c6ccc7ccccc7c6)c6ccccc56)cc4)nc3c21. The Kier molecular flexibility index (Phi) is 6.31. The second-order valence-corrected chi connectivity index (χ2v) is 12.6. The van der Waals surface area contributed by atoms with Gasteiger partial charge in [-0.25, -0.2) is 4.98 Å². The van der Waals surface area contributed by atoms with Crippen LogP contribution in [0.1, 0.15) is 36.8 Å². The van der Waals surface area contributed by atoms with Crippen LogP contribution in [0, 0.1) is 0 Å². The molecule has 0 aliphatic heterocycles. The number of nitrogens with zero attached hydrogens (tertiary/aromatic N) is 1. The standard InChI is InChI=1S/C45H33N/c1-2-29-12-9-13-32-23-24-34-26-27-41(46-45(34)42(29)32)31-19-21-33(22-20-31)43-37-14-5-7-16-39(37)44(40-17-8-6-15-38(40)43)36-25-18-30-10-3-4-11-35(30)28-36/h3-11,13-29H,2,12H2,1H3. The molecule has 1 heterocycles. The van der Waals surface area contributed by atoms with Crippen molar-refractivity contribution in [2.45, 2.75) is 25.7 Å². The van der Waals surface area contributed by atoms with Gasteiger partial charge in [0.1, 0.15) is 0 Å². The van der Waals surface area contributed by atoms with Crippen molar-refractivity contribution in [2.24, 2.45) is 0 Å². The number of aromatic nitrogens is 1. The Bertz CT molecular complexity index is 2430. The highest BCUT2D eigenvalue weighted by atomic mass is 14.7. The van der Waals surface area contributed by atoms with Gasteiger partial charge in [-0.2, -0.15) is 0 Å². The van der Waals surface area contributed by atoms with Crippen LogP contribution in [0.3, 0.4) is 0 Å². The molecule has 8 aromatic rings. The van der Waals surface area contributed by atoms with Crippen LogP contribution in [0.4, 0.5) is 0 Å². The average molecular weight is 588 g/mol. The van der Waals surface area contributed by atoms with E-state index in [1.165, 1.54) is 71.1 Å². The summed E-state index contributed by atoms with van der Waals surface area (Å²) >= 11 is 0. The van der Waals surface area contributed by atoms with E-state index in [9.17, 15) is 0 Å². The fraction of sp³-hybridized carbons (Fsp3) is 0.0889. The fourth-order valence-corrected chi connectivity index (χ4v) is 7.71. The number of benzene rings is 7. The minimum atomic E-state index is 0.521. The zero-order chi connectivity index (χ0) is 30.6. The zero-order valence-corrected chi connectivity index (χ0v) is 25.9. The van der Waals surface area contributed by atoms with E-state index in [-0.39, 0.29) is 0 Å². The molecule has 0 amide bonds. The summed E-state index contributed by atoms with van der Waals surface area (Å²) < 4.78 is 0. The van der Waals surface area contributed by atoms with E-state index >= 15 is 0 Å². The minimum Gasteiger partial charge on any atom is -0.247 e. The molecule has 1 aliphatic rings. The maximum atomic E-state index is 5.29. The Hall–Kier alpha value is -5.53. The molecule has 9 rings (SSSR count). The van der Waals surface area contributed by atoms with Gasteiger partial charge >= 0.3 is 0 Å². The van der Waals surface area contributed by atoms with E-state index in [1.807, 2.05) is 0 Å². The summed E-state index contributed by atoms with van der Waals surface area (Å²) in [5.41, 5.74) is 11.1. The Morgan fingerprint density at radius 2 is 1.11 bits per heavy atom. The minimum absolute atomic E-state index is 0.521. The number of allylic oxidation sites excluding steroid dienone is 1. The highest BCUT2D eigenvalue weighted by molar-refractivity contribution is 6.21. The predicted molar refractivity (Wildman–Crippen MR) is 197 cm³/mol. The molecule has 0 fully saturated rings. The lowest BCUT2D eigenvalue weighted by Gasteiger charge is -2.22. The molecule has 1 unspecified atom stereocenters. The van der Waals surface area contributed by atoms with Crippen molar-refractivity contribution in [3.05, 3.63) is 157 Å². The number of pyridine rings is 1. The van der Waals surface area contributed by atoms with Crippen LogP contribution in [0.5, 0.6) is 0 Å². The lowest BCUT2D eigenvalue weighted by Crippen LogP contribution is -2.05. The first-order chi connectivity index (χ1) is 22.8. The predicted octanol–water partition coefficient (Wildman–Crippen LogP) is 12.6. The topological polar surface area (TPSA) is 12.9 Å². The Morgan fingerprint density at radius 1 is 0.543 bits per heavy atom. The molecule has 0 N–H and O–H groups in total. The zero-order valence-electron chi connectivity index (χ0n) is 25.9. The van der Waals surface area contributed by atoms with Crippen molar-refractivity contribution in [2.75, 3.05) is 0 Å². The van der Waals surface area contributed by atoms with E-state index in [0.717, 1.165) is 29.6 Å². The molecule has 0 bridgehead atoms. The van der Waals surface area contributed by atoms with Crippen molar-refractivity contribution < 1.29 is 0 Å². The van der Waals surface area contributed by atoms with Gasteiger partial charge in [0.15, 0.2) is 0 Å². The number of fused-ring (bicyclic) bond motifs is 6. The van der Waals surface area contributed by atoms with E-state index in [4.69, 9.17) is 4.98 Å². The molecule has 0 saturated carbocycles. The first-order valence-electron chi connectivity index (χ1n) is 16.4. The van der Waals surface area contributed by atoms with Crippen LogP contribution in [0.25, 0.3) is 82.8 Å². The first-order valence-corrected chi connectivity index (χ1v) is 16.4. The van der Waals surface area contributed by atoms with Gasteiger partial charge in [-0.3, -0.25) is 0 Å². The third kappa shape index (κ3) is 4.27. The second-order valence-electron chi connectivity index (χ2n) is 12.6. The summed E-state index contributed by atoms with van der Waals surface area (Å²) in [6, 6.07) is 51.2. The van der Waals surface area contributed by atoms with Crippen LogP contribution < -0.4 is 0 Å². The molecule has 0 saturated heterocycles. The molecule has 0 spiro atoms.